The lowest BCUT2D eigenvalue weighted by Crippen LogP contribution is -2.38. The third-order valence-electron chi connectivity index (χ3n) is 1.95. The van der Waals surface area contributed by atoms with Crippen LogP contribution in [0.5, 0.6) is 0 Å². The van der Waals surface area contributed by atoms with E-state index < -0.39 is 29.6 Å². The maximum Gasteiger partial charge on any atom is 0.161 e. The van der Waals surface area contributed by atoms with Gasteiger partial charge in [0.1, 0.15) is 5.82 Å². The Balaban J connectivity index is 3.29. The molecule has 78 valence electrons. The van der Waals surface area contributed by atoms with Crippen molar-refractivity contribution in [3.8, 4) is 0 Å². The molecule has 1 aromatic rings. The molecule has 0 bridgehead atoms. The number of aliphatic hydroxyl groups is 1. The Morgan fingerprint density at radius 1 is 1.21 bits per heavy atom. The average molecular weight is 205 g/mol. The van der Waals surface area contributed by atoms with Crippen molar-refractivity contribution in [2.24, 2.45) is 5.73 Å². The summed E-state index contributed by atoms with van der Waals surface area (Å²) in [4.78, 5) is 0. The first-order valence-corrected chi connectivity index (χ1v) is 3.93. The highest BCUT2D eigenvalue weighted by Crippen LogP contribution is 2.23. The van der Waals surface area contributed by atoms with E-state index in [-0.39, 0.29) is 5.56 Å². The standard InChI is InChI=1S/C9H10F3NO/c1-9(13,4-14)5-2-7(11)8(12)3-6(5)10/h2-3,14H,4,13H2,1H3/t9-/m1/s1. The van der Waals surface area contributed by atoms with Crippen LogP contribution in [0.15, 0.2) is 12.1 Å². The predicted molar refractivity (Wildman–Crippen MR) is 44.9 cm³/mol. The fourth-order valence-corrected chi connectivity index (χ4v) is 1.05. The number of rotatable bonds is 2. The molecule has 1 rings (SSSR count). The van der Waals surface area contributed by atoms with Gasteiger partial charge in [0.05, 0.1) is 12.1 Å². The van der Waals surface area contributed by atoms with Gasteiger partial charge in [-0.2, -0.15) is 0 Å². The number of aliphatic hydroxyl groups excluding tert-OH is 1. The summed E-state index contributed by atoms with van der Waals surface area (Å²) in [6, 6.07) is 1.06. The third kappa shape index (κ3) is 1.88. The van der Waals surface area contributed by atoms with Crippen molar-refractivity contribution >= 4 is 0 Å². The molecule has 0 aromatic heterocycles. The van der Waals surface area contributed by atoms with Crippen LogP contribution in [-0.2, 0) is 5.54 Å². The zero-order valence-electron chi connectivity index (χ0n) is 7.52. The molecular formula is C9H10F3NO. The summed E-state index contributed by atoms with van der Waals surface area (Å²) in [6.45, 7) is 0.762. The zero-order valence-corrected chi connectivity index (χ0v) is 7.52. The van der Waals surface area contributed by atoms with Crippen LogP contribution in [-0.4, -0.2) is 11.7 Å². The average Bonchev–Trinajstić information content (AvgIpc) is 2.11. The molecule has 0 saturated carbocycles. The van der Waals surface area contributed by atoms with Gasteiger partial charge in [0.15, 0.2) is 11.6 Å². The second kappa shape index (κ2) is 3.59. The monoisotopic (exact) mass is 205 g/mol. The van der Waals surface area contributed by atoms with Crippen molar-refractivity contribution in [2.45, 2.75) is 12.5 Å². The van der Waals surface area contributed by atoms with Gasteiger partial charge in [-0.25, -0.2) is 13.2 Å². The van der Waals surface area contributed by atoms with Crippen LogP contribution in [0.1, 0.15) is 12.5 Å². The molecule has 0 aliphatic carbocycles. The smallest absolute Gasteiger partial charge is 0.161 e. The molecule has 0 aliphatic heterocycles. The minimum atomic E-state index is -1.42. The lowest BCUT2D eigenvalue weighted by molar-refractivity contribution is 0.205. The van der Waals surface area contributed by atoms with Gasteiger partial charge in [-0.1, -0.05) is 0 Å². The molecule has 0 heterocycles. The second-order valence-corrected chi connectivity index (χ2v) is 3.32. The summed E-state index contributed by atoms with van der Waals surface area (Å²) in [5.74, 6) is -3.44. The van der Waals surface area contributed by atoms with E-state index in [9.17, 15) is 13.2 Å². The summed E-state index contributed by atoms with van der Waals surface area (Å²) in [5.41, 5.74) is 3.81. The molecule has 2 nitrogen and oxygen atoms in total. The van der Waals surface area contributed by atoms with Gasteiger partial charge in [-0.05, 0) is 13.0 Å². The van der Waals surface area contributed by atoms with E-state index >= 15 is 0 Å². The Kier molecular flexibility index (Phi) is 2.82. The van der Waals surface area contributed by atoms with E-state index in [0.29, 0.717) is 12.1 Å². The summed E-state index contributed by atoms with van der Waals surface area (Å²) in [6.07, 6.45) is 0. The molecule has 0 unspecified atom stereocenters. The van der Waals surface area contributed by atoms with E-state index in [1.165, 1.54) is 6.92 Å². The van der Waals surface area contributed by atoms with Crippen LogP contribution in [0, 0.1) is 17.5 Å². The summed E-state index contributed by atoms with van der Waals surface area (Å²) in [7, 11) is 0. The Morgan fingerprint density at radius 3 is 2.21 bits per heavy atom. The first-order valence-electron chi connectivity index (χ1n) is 3.93. The van der Waals surface area contributed by atoms with E-state index in [4.69, 9.17) is 10.8 Å². The lowest BCUT2D eigenvalue weighted by atomic mass is 9.93. The normalized spacial score (nSPS) is 15.3. The van der Waals surface area contributed by atoms with Gasteiger partial charge in [0.25, 0.3) is 0 Å². The van der Waals surface area contributed by atoms with Crippen LogP contribution in [0.2, 0.25) is 0 Å². The van der Waals surface area contributed by atoms with Crippen molar-refractivity contribution in [3.05, 3.63) is 35.1 Å². The fraction of sp³-hybridized carbons (Fsp3) is 0.333. The molecule has 0 saturated heterocycles. The van der Waals surface area contributed by atoms with Crippen LogP contribution in [0.4, 0.5) is 13.2 Å². The van der Waals surface area contributed by atoms with Crippen molar-refractivity contribution in [1.29, 1.82) is 0 Å². The number of hydrogen-bond acceptors (Lipinski definition) is 2. The highest BCUT2D eigenvalue weighted by Gasteiger charge is 2.25. The molecule has 0 radical (unpaired) electrons. The van der Waals surface area contributed by atoms with Gasteiger partial charge in [0, 0.05) is 11.6 Å². The van der Waals surface area contributed by atoms with Gasteiger partial charge < -0.3 is 10.8 Å². The Hall–Kier alpha value is -1.07. The summed E-state index contributed by atoms with van der Waals surface area (Å²) < 4.78 is 38.4. The number of hydrogen-bond donors (Lipinski definition) is 2. The Morgan fingerprint density at radius 2 is 1.71 bits per heavy atom. The minimum Gasteiger partial charge on any atom is -0.394 e. The van der Waals surface area contributed by atoms with Crippen LogP contribution >= 0.6 is 0 Å². The molecule has 0 amide bonds. The molecule has 1 atom stereocenters. The molecule has 0 spiro atoms. The van der Waals surface area contributed by atoms with Gasteiger partial charge in [-0.3, -0.25) is 0 Å². The first-order chi connectivity index (χ1) is 6.38. The van der Waals surface area contributed by atoms with Crippen molar-refractivity contribution in [3.63, 3.8) is 0 Å². The highest BCUT2D eigenvalue weighted by atomic mass is 19.2. The second-order valence-electron chi connectivity index (χ2n) is 3.32. The molecule has 0 aliphatic rings. The molecule has 1 aromatic carbocycles. The quantitative estimate of drug-likeness (QED) is 0.714. The SMILES string of the molecule is C[C@@](N)(CO)c1cc(F)c(F)cc1F. The van der Waals surface area contributed by atoms with Crippen molar-refractivity contribution in [1.82, 2.24) is 0 Å². The van der Waals surface area contributed by atoms with E-state index in [1.807, 2.05) is 0 Å². The van der Waals surface area contributed by atoms with Crippen molar-refractivity contribution in [2.75, 3.05) is 6.61 Å². The lowest BCUT2D eigenvalue weighted by Gasteiger charge is -2.22. The Bertz CT molecular complexity index is 352. The maximum absolute atomic E-state index is 13.1. The molecule has 5 heteroatoms. The van der Waals surface area contributed by atoms with Crippen LogP contribution in [0.3, 0.4) is 0 Å². The van der Waals surface area contributed by atoms with Gasteiger partial charge in [-0.15, -0.1) is 0 Å². The van der Waals surface area contributed by atoms with Gasteiger partial charge in [0.2, 0.25) is 0 Å². The topological polar surface area (TPSA) is 46.2 Å². The summed E-state index contributed by atoms with van der Waals surface area (Å²) in [5, 5.41) is 8.82. The maximum atomic E-state index is 13.1. The van der Waals surface area contributed by atoms with E-state index in [1.54, 1.807) is 0 Å². The number of benzene rings is 1. The van der Waals surface area contributed by atoms with E-state index in [0.717, 1.165) is 0 Å². The number of nitrogens with two attached hydrogens (primary N) is 1. The Labute approximate surface area is 79.2 Å². The molecule has 14 heavy (non-hydrogen) atoms. The highest BCUT2D eigenvalue weighted by molar-refractivity contribution is 5.26. The van der Waals surface area contributed by atoms with Crippen LogP contribution in [0.25, 0.3) is 0 Å². The fourth-order valence-electron chi connectivity index (χ4n) is 1.05. The largest absolute Gasteiger partial charge is 0.394 e. The number of halogens is 3. The van der Waals surface area contributed by atoms with Crippen LogP contribution < -0.4 is 5.73 Å². The first kappa shape index (κ1) is 11.0. The minimum absolute atomic E-state index is 0.251. The van der Waals surface area contributed by atoms with Gasteiger partial charge >= 0.3 is 0 Å². The summed E-state index contributed by atoms with van der Waals surface area (Å²) >= 11 is 0. The third-order valence-corrected chi connectivity index (χ3v) is 1.95. The van der Waals surface area contributed by atoms with E-state index in [2.05, 4.69) is 0 Å². The molecular weight excluding hydrogens is 195 g/mol. The molecule has 3 N–H and O–H groups in total. The zero-order chi connectivity index (χ0) is 10.9. The predicted octanol–water partition coefficient (Wildman–Crippen LogP) is 1.27. The molecule has 0 fully saturated rings. The van der Waals surface area contributed by atoms with Crippen molar-refractivity contribution < 1.29 is 18.3 Å².